The van der Waals surface area contributed by atoms with Crippen molar-refractivity contribution < 1.29 is 14.7 Å². The summed E-state index contributed by atoms with van der Waals surface area (Å²) in [7, 11) is 0. The van der Waals surface area contributed by atoms with Gasteiger partial charge in [-0.05, 0) is 65.9 Å². The van der Waals surface area contributed by atoms with E-state index in [2.05, 4.69) is 26.0 Å². The van der Waals surface area contributed by atoms with Crippen LogP contribution in [0.3, 0.4) is 0 Å². The van der Waals surface area contributed by atoms with Gasteiger partial charge in [0, 0.05) is 12.0 Å². The van der Waals surface area contributed by atoms with Gasteiger partial charge in [0.15, 0.2) is 5.78 Å². The van der Waals surface area contributed by atoms with Crippen molar-refractivity contribution in [3.8, 4) is 0 Å². The average molecular weight is 312 g/mol. The van der Waals surface area contributed by atoms with Crippen LogP contribution in [0.25, 0.3) is 0 Å². The number of allylic oxidation sites excluding steroid dienone is 5. The molecule has 0 spiro atoms. The van der Waals surface area contributed by atoms with Crippen LogP contribution in [0.15, 0.2) is 35.5 Å². The Morgan fingerprint density at radius 3 is 2.83 bits per heavy atom. The summed E-state index contributed by atoms with van der Waals surface area (Å²) in [6, 6.07) is 0. The highest BCUT2D eigenvalue weighted by molar-refractivity contribution is 5.92. The largest absolute Gasteiger partial charge is 0.478 e. The van der Waals surface area contributed by atoms with Gasteiger partial charge in [0.1, 0.15) is 0 Å². The Kier molecular flexibility index (Phi) is 3.04. The average Bonchev–Trinajstić information content (AvgIpc) is 2.86. The number of ketones is 1. The second-order valence-corrected chi connectivity index (χ2v) is 8.42. The predicted molar refractivity (Wildman–Crippen MR) is 87.7 cm³/mol. The van der Waals surface area contributed by atoms with E-state index in [1.807, 2.05) is 12.2 Å². The Hall–Kier alpha value is -1.64. The van der Waals surface area contributed by atoms with Crippen LogP contribution < -0.4 is 0 Å². The van der Waals surface area contributed by atoms with Crippen LogP contribution in [0, 0.1) is 28.6 Å². The Morgan fingerprint density at radius 1 is 1.30 bits per heavy atom. The standard InChI is InChI=1S/C20H24O3/c1-19-7-6-16-15(17(19)9-12(11-19)18(22)23)4-3-13-10-14(21)5-8-20(13,16)2/h3-4,9-10,15-17H,5-8,11H2,1-2H3,(H,22,23). The monoisotopic (exact) mass is 312 g/mol. The molecule has 0 aromatic rings. The van der Waals surface area contributed by atoms with Crippen molar-refractivity contribution in [2.45, 2.75) is 46.0 Å². The fraction of sp³-hybridized carbons (Fsp3) is 0.600. The third kappa shape index (κ3) is 2.02. The summed E-state index contributed by atoms with van der Waals surface area (Å²) >= 11 is 0. The van der Waals surface area contributed by atoms with Gasteiger partial charge >= 0.3 is 5.97 Å². The minimum absolute atomic E-state index is 0.0779. The van der Waals surface area contributed by atoms with E-state index in [0.29, 0.717) is 36.2 Å². The van der Waals surface area contributed by atoms with Gasteiger partial charge in [0.2, 0.25) is 0 Å². The van der Waals surface area contributed by atoms with Crippen molar-refractivity contribution >= 4 is 11.8 Å². The molecule has 122 valence electrons. The van der Waals surface area contributed by atoms with E-state index in [1.165, 1.54) is 5.57 Å². The molecule has 0 amide bonds. The second kappa shape index (κ2) is 4.68. The first-order chi connectivity index (χ1) is 10.8. The van der Waals surface area contributed by atoms with E-state index in [9.17, 15) is 14.7 Å². The molecule has 5 atom stereocenters. The first-order valence-corrected chi connectivity index (χ1v) is 8.71. The molecule has 0 aliphatic heterocycles. The summed E-state index contributed by atoms with van der Waals surface area (Å²) < 4.78 is 0. The summed E-state index contributed by atoms with van der Waals surface area (Å²) in [5.41, 5.74) is 1.95. The maximum atomic E-state index is 11.8. The normalized spacial score (nSPS) is 44.8. The van der Waals surface area contributed by atoms with Crippen LogP contribution in [0.4, 0.5) is 0 Å². The van der Waals surface area contributed by atoms with Crippen molar-refractivity contribution in [1.82, 2.24) is 0 Å². The zero-order chi connectivity index (χ0) is 16.4. The van der Waals surface area contributed by atoms with Crippen LogP contribution >= 0.6 is 0 Å². The number of rotatable bonds is 1. The lowest BCUT2D eigenvalue weighted by Crippen LogP contribution is -2.47. The van der Waals surface area contributed by atoms with Gasteiger partial charge in [-0.15, -0.1) is 0 Å². The number of carboxylic acid groups (broad SMARTS) is 1. The molecule has 23 heavy (non-hydrogen) atoms. The molecule has 4 aliphatic rings. The molecule has 1 saturated carbocycles. The SMILES string of the molecule is CC12CCC3C(C=CC4=CC(=O)CCC43C)C1C=C(C(=O)O)C2. The van der Waals surface area contributed by atoms with Gasteiger partial charge in [-0.3, -0.25) is 4.79 Å². The molecule has 3 nitrogen and oxygen atoms in total. The molecule has 0 heterocycles. The molecule has 0 saturated heterocycles. The first kappa shape index (κ1) is 14.9. The molecule has 3 heteroatoms. The van der Waals surface area contributed by atoms with E-state index >= 15 is 0 Å². The zero-order valence-corrected chi connectivity index (χ0v) is 13.8. The summed E-state index contributed by atoms with van der Waals surface area (Å²) in [4.78, 5) is 23.2. The summed E-state index contributed by atoms with van der Waals surface area (Å²) in [6.45, 7) is 4.57. The number of carbonyl (C=O) groups is 2. The minimum atomic E-state index is -0.757. The maximum absolute atomic E-state index is 11.8. The number of hydrogen-bond donors (Lipinski definition) is 1. The summed E-state index contributed by atoms with van der Waals surface area (Å²) in [5, 5.41) is 9.41. The van der Waals surface area contributed by atoms with Gasteiger partial charge < -0.3 is 5.11 Å². The number of fused-ring (bicyclic) bond motifs is 5. The molecule has 0 radical (unpaired) electrons. The molecule has 0 bridgehead atoms. The Morgan fingerprint density at radius 2 is 2.09 bits per heavy atom. The van der Waals surface area contributed by atoms with E-state index in [-0.39, 0.29) is 16.6 Å². The van der Waals surface area contributed by atoms with Crippen LogP contribution in [0.2, 0.25) is 0 Å². The van der Waals surface area contributed by atoms with E-state index in [4.69, 9.17) is 0 Å². The fourth-order valence-electron chi connectivity index (χ4n) is 5.72. The molecule has 1 fully saturated rings. The highest BCUT2D eigenvalue weighted by Crippen LogP contribution is 2.62. The molecule has 4 aliphatic carbocycles. The van der Waals surface area contributed by atoms with Gasteiger partial charge in [-0.1, -0.05) is 32.1 Å². The maximum Gasteiger partial charge on any atom is 0.331 e. The van der Waals surface area contributed by atoms with Crippen molar-refractivity contribution in [2.75, 3.05) is 0 Å². The Balaban J connectivity index is 1.76. The topological polar surface area (TPSA) is 54.4 Å². The van der Waals surface area contributed by atoms with E-state index in [1.54, 1.807) is 0 Å². The minimum Gasteiger partial charge on any atom is -0.478 e. The lowest BCUT2D eigenvalue weighted by Gasteiger charge is -2.54. The van der Waals surface area contributed by atoms with E-state index in [0.717, 1.165) is 19.3 Å². The molecular formula is C20H24O3. The number of hydrogen-bond acceptors (Lipinski definition) is 2. The quantitative estimate of drug-likeness (QED) is 0.798. The number of aliphatic carboxylic acids is 1. The van der Waals surface area contributed by atoms with Crippen LogP contribution in [0.5, 0.6) is 0 Å². The number of carbonyl (C=O) groups excluding carboxylic acids is 1. The van der Waals surface area contributed by atoms with Gasteiger partial charge in [-0.25, -0.2) is 4.79 Å². The molecule has 1 N–H and O–H groups in total. The number of carboxylic acids is 1. The first-order valence-electron chi connectivity index (χ1n) is 8.71. The highest BCUT2D eigenvalue weighted by atomic mass is 16.4. The summed E-state index contributed by atoms with van der Waals surface area (Å²) in [5.74, 6) is 0.733. The molecule has 4 rings (SSSR count). The van der Waals surface area contributed by atoms with Crippen LogP contribution in [-0.2, 0) is 9.59 Å². The van der Waals surface area contributed by atoms with Gasteiger partial charge in [0.25, 0.3) is 0 Å². The Labute approximate surface area is 137 Å². The van der Waals surface area contributed by atoms with Crippen molar-refractivity contribution in [2.24, 2.45) is 28.6 Å². The van der Waals surface area contributed by atoms with Crippen molar-refractivity contribution in [3.05, 3.63) is 35.5 Å². The highest BCUT2D eigenvalue weighted by Gasteiger charge is 2.55. The second-order valence-electron chi connectivity index (χ2n) is 8.42. The van der Waals surface area contributed by atoms with Gasteiger partial charge in [-0.2, -0.15) is 0 Å². The molecule has 0 aromatic heterocycles. The van der Waals surface area contributed by atoms with Crippen molar-refractivity contribution in [3.63, 3.8) is 0 Å². The fourth-order valence-corrected chi connectivity index (χ4v) is 5.72. The van der Waals surface area contributed by atoms with E-state index < -0.39 is 5.97 Å². The Bertz CT molecular complexity index is 683. The third-order valence-electron chi connectivity index (χ3n) is 7.14. The third-order valence-corrected chi connectivity index (χ3v) is 7.14. The molecular weight excluding hydrogens is 288 g/mol. The summed E-state index contributed by atoms with van der Waals surface area (Å²) in [6.07, 6.45) is 12.8. The molecule has 5 unspecified atom stereocenters. The van der Waals surface area contributed by atoms with Gasteiger partial charge in [0.05, 0.1) is 0 Å². The lowest BCUT2D eigenvalue weighted by atomic mass is 9.49. The zero-order valence-electron chi connectivity index (χ0n) is 13.8. The smallest absolute Gasteiger partial charge is 0.331 e. The van der Waals surface area contributed by atoms with Crippen molar-refractivity contribution in [1.29, 1.82) is 0 Å². The molecule has 0 aromatic carbocycles. The van der Waals surface area contributed by atoms with Crippen LogP contribution in [-0.4, -0.2) is 16.9 Å². The van der Waals surface area contributed by atoms with Crippen LogP contribution in [0.1, 0.15) is 46.0 Å². The lowest BCUT2D eigenvalue weighted by molar-refractivity contribution is -0.133. The predicted octanol–water partition coefficient (Wildman–Crippen LogP) is 3.92.